The molecule has 0 spiro atoms. The zero-order valence-corrected chi connectivity index (χ0v) is 15.1. The van der Waals surface area contributed by atoms with Crippen molar-refractivity contribution in [3.05, 3.63) is 35.0 Å². The van der Waals surface area contributed by atoms with Crippen molar-refractivity contribution in [3.63, 3.8) is 0 Å². The zero-order valence-electron chi connectivity index (χ0n) is 14.3. The molecule has 0 amide bonds. The minimum atomic E-state index is -0.771. The summed E-state index contributed by atoms with van der Waals surface area (Å²) in [6.45, 7) is 7.54. The van der Waals surface area contributed by atoms with E-state index < -0.39 is 10.8 Å². The lowest BCUT2D eigenvalue weighted by Gasteiger charge is -2.31. The Bertz CT molecular complexity index is 810. The third-order valence-corrected chi connectivity index (χ3v) is 5.54. The average molecular weight is 346 g/mol. The van der Waals surface area contributed by atoms with Gasteiger partial charge in [-0.2, -0.15) is 0 Å². The summed E-state index contributed by atoms with van der Waals surface area (Å²) in [4.78, 5) is 19.1. The number of aromatic nitrogens is 1. The second kappa shape index (κ2) is 6.89. The summed E-state index contributed by atoms with van der Waals surface area (Å²) in [5.74, 6) is 0.890. The first-order valence-electron chi connectivity index (χ1n) is 8.18. The number of anilines is 1. The highest BCUT2D eigenvalue weighted by Gasteiger charge is 2.25. The Hall–Kier alpha value is -1.95. The number of hydrogen-bond acceptors (Lipinski definition) is 5. The van der Waals surface area contributed by atoms with Crippen LogP contribution in [-0.4, -0.2) is 46.4 Å². The van der Waals surface area contributed by atoms with Crippen LogP contribution >= 0.6 is 0 Å². The Morgan fingerprint density at radius 2 is 2.00 bits per heavy atom. The van der Waals surface area contributed by atoms with Gasteiger partial charge in [0.1, 0.15) is 5.56 Å². The molecule has 2 heterocycles. The normalized spacial score (nSPS) is 15.7. The number of pyridine rings is 1. The van der Waals surface area contributed by atoms with E-state index in [0.717, 1.165) is 27.7 Å². The Balaban J connectivity index is 2.21. The summed E-state index contributed by atoms with van der Waals surface area (Å²) < 4.78 is 16.9. The first-order chi connectivity index (χ1) is 11.5. The van der Waals surface area contributed by atoms with E-state index in [0.29, 0.717) is 36.8 Å². The van der Waals surface area contributed by atoms with Crippen LogP contribution < -0.4 is 4.90 Å². The number of benzene rings is 1. The van der Waals surface area contributed by atoms with Crippen molar-refractivity contribution in [1.82, 2.24) is 4.98 Å². The van der Waals surface area contributed by atoms with Crippen molar-refractivity contribution in [2.24, 2.45) is 0 Å². The first-order valence-corrected chi connectivity index (χ1v) is 9.67. The molecule has 0 N–H and O–H groups in total. The average Bonchev–Trinajstić information content (AvgIpc) is 2.55. The van der Waals surface area contributed by atoms with Gasteiger partial charge in [-0.1, -0.05) is 11.6 Å². The van der Waals surface area contributed by atoms with Crippen LogP contribution in [0.1, 0.15) is 28.4 Å². The Morgan fingerprint density at radius 1 is 1.29 bits per heavy atom. The van der Waals surface area contributed by atoms with Gasteiger partial charge >= 0.3 is 5.97 Å². The fraction of sp³-hybridized carbons (Fsp3) is 0.444. The van der Waals surface area contributed by atoms with Crippen molar-refractivity contribution in [2.45, 2.75) is 20.8 Å². The maximum absolute atomic E-state index is 12.4. The lowest BCUT2D eigenvalue weighted by Crippen LogP contribution is -2.38. The molecule has 2 aromatic rings. The minimum Gasteiger partial charge on any atom is -0.462 e. The molecule has 1 aromatic heterocycles. The zero-order chi connectivity index (χ0) is 17.3. The van der Waals surface area contributed by atoms with E-state index in [2.05, 4.69) is 22.0 Å². The molecule has 1 aromatic carbocycles. The van der Waals surface area contributed by atoms with E-state index in [9.17, 15) is 9.00 Å². The van der Waals surface area contributed by atoms with Gasteiger partial charge < -0.3 is 9.64 Å². The lowest BCUT2D eigenvalue weighted by molar-refractivity contribution is 0.0527. The largest absolute Gasteiger partial charge is 0.462 e. The Labute approximate surface area is 144 Å². The molecule has 128 valence electrons. The third-order valence-electron chi connectivity index (χ3n) is 4.27. The number of carbonyl (C=O) groups excluding carboxylic acids is 1. The number of ether oxygens (including phenoxy) is 1. The number of nitrogens with zero attached hydrogens (tertiary/aromatic N) is 2. The van der Waals surface area contributed by atoms with Crippen molar-refractivity contribution in [1.29, 1.82) is 0 Å². The lowest BCUT2D eigenvalue weighted by atomic mass is 10.0. The van der Waals surface area contributed by atoms with E-state index >= 15 is 0 Å². The van der Waals surface area contributed by atoms with Crippen molar-refractivity contribution >= 4 is 33.4 Å². The summed E-state index contributed by atoms with van der Waals surface area (Å²) in [5, 5.41) is 0.964. The molecule has 0 saturated carbocycles. The van der Waals surface area contributed by atoms with Crippen LogP contribution in [0.4, 0.5) is 5.69 Å². The van der Waals surface area contributed by atoms with Crippen LogP contribution in [0.5, 0.6) is 0 Å². The van der Waals surface area contributed by atoms with Crippen LogP contribution in [-0.2, 0) is 15.5 Å². The maximum atomic E-state index is 12.4. The summed E-state index contributed by atoms with van der Waals surface area (Å²) in [6, 6.07) is 4.16. The van der Waals surface area contributed by atoms with Crippen LogP contribution in [0, 0.1) is 13.8 Å². The summed E-state index contributed by atoms with van der Waals surface area (Å²) in [6.07, 6.45) is 1.61. The maximum Gasteiger partial charge on any atom is 0.341 e. The fourth-order valence-electron chi connectivity index (χ4n) is 3.21. The van der Waals surface area contributed by atoms with Gasteiger partial charge in [0.2, 0.25) is 0 Å². The Morgan fingerprint density at radius 3 is 2.67 bits per heavy atom. The molecule has 0 atom stereocenters. The molecular weight excluding hydrogens is 324 g/mol. The minimum absolute atomic E-state index is 0.327. The molecule has 6 heteroatoms. The molecule has 0 radical (unpaired) electrons. The van der Waals surface area contributed by atoms with Crippen molar-refractivity contribution in [3.8, 4) is 0 Å². The molecule has 5 nitrogen and oxygen atoms in total. The fourth-order valence-corrected chi connectivity index (χ4v) is 4.26. The number of aryl methyl sites for hydroxylation is 2. The van der Waals surface area contributed by atoms with Gasteiger partial charge in [0.15, 0.2) is 0 Å². The van der Waals surface area contributed by atoms with Gasteiger partial charge in [0.25, 0.3) is 0 Å². The van der Waals surface area contributed by atoms with E-state index in [1.165, 1.54) is 0 Å². The van der Waals surface area contributed by atoms with Crippen molar-refractivity contribution < 1.29 is 13.7 Å². The number of hydrogen-bond donors (Lipinski definition) is 0. The smallest absolute Gasteiger partial charge is 0.341 e. The number of rotatable bonds is 3. The molecule has 1 aliphatic heterocycles. The Kier molecular flexibility index (Phi) is 4.85. The highest BCUT2D eigenvalue weighted by Crippen LogP contribution is 2.33. The number of fused-ring (bicyclic) bond motifs is 1. The molecule has 0 aliphatic carbocycles. The standard InChI is InChI=1S/C18H22N2O3S/c1-4-23-18(21)15-11-19-16-13(3)9-12(2)10-14(16)17(15)20-5-7-24(22)8-6-20/h9-11H,4-8H2,1-3H3. The second-order valence-electron chi connectivity index (χ2n) is 6.05. The predicted molar refractivity (Wildman–Crippen MR) is 97.3 cm³/mol. The van der Waals surface area contributed by atoms with Gasteiger partial charge in [-0.25, -0.2) is 4.79 Å². The molecular formula is C18H22N2O3S. The highest BCUT2D eigenvalue weighted by molar-refractivity contribution is 7.85. The number of esters is 1. The number of carbonyl (C=O) groups is 1. The predicted octanol–water partition coefficient (Wildman–Crippen LogP) is 2.60. The summed E-state index contributed by atoms with van der Waals surface area (Å²) >= 11 is 0. The summed E-state index contributed by atoms with van der Waals surface area (Å²) in [7, 11) is -0.771. The van der Waals surface area contributed by atoms with Gasteiger partial charge in [0.05, 0.1) is 17.8 Å². The van der Waals surface area contributed by atoms with E-state index in [1.807, 2.05) is 13.8 Å². The molecule has 0 unspecified atom stereocenters. The van der Waals surface area contributed by atoms with Crippen LogP contribution in [0.3, 0.4) is 0 Å². The quantitative estimate of drug-likeness (QED) is 0.800. The van der Waals surface area contributed by atoms with E-state index in [1.54, 1.807) is 13.1 Å². The SMILES string of the molecule is CCOC(=O)c1cnc2c(C)cc(C)cc2c1N1CCS(=O)CC1. The second-order valence-corrected chi connectivity index (χ2v) is 7.75. The van der Waals surface area contributed by atoms with Gasteiger partial charge in [-0.05, 0) is 32.4 Å². The molecule has 24 heavy (non-hydrogen) atoms. The molecule has 3 rings (SSSR count). The third kappa shape index (κ3) is 3.15. The molecule has 1 saturated heterocycles. The first kappa shape index (κ1) is 16.9. The van der Waals surface area contributed by atoms with Crippen LogP contribution in [0.2, 0.25) is 0 Å². The molecule has 0 bridgehead atoms. The van der Waals surface area contributed by atoms with Gasteiger partial charge in [0, 0.05) is 47.0 Å². The molecule has 1 aliphatic rings. The monoisotopic (exact) mass is 346 g/mol. The topological polar surface area (TPSA) is 59.5 Å². The summed E-state index contributed by atoms with van der Waals surface area (Å²) in [5.41, 5.74) is 4.46. The molecule has 1 fully saturated rings. The van der Waals surface area contributed by atoms with Gasteiger partial charge in [-0.3, -0.25) is 9.19 Å². The highest BCUT2D eigenvalue weighted by atomic mass is 32.2. The van der Waals surface area contributed by atoms with Crippen molar-refractivity contribution in [2.75, 3.05) is 36.1 Å². The van der Waals surface area contributed by atoms with Gasteiger partial charge in [-0.15, -0.1) is 0 Å². The van der Waals surface area contributed by atoms with E-state index in [4.69, 9.17) is 4.74 Å². The van der Waals surface area contributed by atoms with Crippen LogP contribution in [0.15, 0.2) is 18.3 Å². The van der Waals surface area contributed by atoms with E-state index in [-0.39, 0.29) is 5.97 Å². The van der Waals surface area contributed by atoms with Crippen LogP contribution in [0.25, 0.3) is 10.9 Å².